The molecule has 158 valence electrons. The Hall–Kier alpha value is -2.60. The molecular weight excluding hydrogens is 398 g/mol. The van der Waals surface area contributed by atoms with E-state index < -0.39 is 15.9 Å². The fourth-order valence-electron chi connectivity index (χ4n) is 4.31. The van der Waals surface area contributed by atoms with Crippen LogP contribution in [0.3, 0.4) is 0 Å². The smallest absolute Gasteiger partial charge is 0.268 e. The minimum absolute atomic E-state index is 0.0473. The number of carbonyl (C=O) groups is 1. The highest BCUT2D eigenvalue weighted by Gasteiger charge is 2.37. The number of nitrogens with zero attached hydrogens (tertiary/aromatic N) is 1. The number of rotatable bonds is 4. The number of benzene rings is 2. The highest BCUT2D eigenvalue weighted by molar-refractivity contribution is 7.89. The fraction of sp³-hybridized carbons (Fsp3) is 0.375. The SMILES string of the molecule is COc1ccc2c(c1)/C(=C\C1CCCCC1)CN(S(=O)(=O)c1ccc(C)cc1)C2=O. The van der Waals surface area contributed by atoms with Crippen LogP contribution < -0.4 is 4.74 Å². The Balaban J connectivity index is 1.79. The maximum absolute atomic E-state index is 13.3. The Morgan fingerprint density at radius 2 is 1.70 bits per heavy atom. The molecule has 1 heterocycles. The molecule has 2 aromatic carbocycles. The number of amides is 1. The van der Waals surface area contributed by atoms with Crippen LogP contribution in [0.4, 0.5) is 0 Å². The third kappa shape index (κ3) is 3.88. The van der Waals surface area contributed by atoms with Gasteiger partial charge in [0.15, 0.2) is 0 Å². The van der Waals surface area contributed by atoms with E-state index in [1.807, 2.05) is 13.0 Å². The van der Waals surface area contributed by atoms with Crippen molar-refractivity contribution in [3.05, 3.63) is 65.2 Å². The normalized spacial score (nSPS) is 19.1. The van der Waals surface area contributed by atoms with Crippen LogP contribution in [0.1, 0.15) is 53.6 Å². The molecule has 0 bridgehead atoms. The van der Waals surface area contributed by atoms with Gasteiger partial charge in [0.05, 0.1) is 18.6 Å². The lowest BCUT2D eigenvalue weighted by Gasteiger charge is -2.31. The molecule has 2 aromatic rings. The molecule has 1 aliphatic carbocycles. The van der Waals surface area contributed by atoms with Gasteiger partial charge in [-0.25, -0.2) is 12.7 Å². The Labute approximate surface area is 178 Å². The summed E-state index contributed by atoms with van der Waals surface area (Å²) in [4.78, 5) is 13.4. The van der Waals surface area contributed by atoms with Crippen molar-refractivity contribution in [2.75, 3.05) is 13.7 Å². The van der Waals surface area contributed by atoms with Crippen LogP contribution in [0.15, 0.2) is 53.4 Å². The number of allylic oxidation sites excluding steroid dienone is 1. The summed E-state index contributed by atoms with van der Waals surface area (Å²) in [6.07, 6.45) is 7.99. The van der Waals surface area contributed by atoms with Crippen molar-refractivity contribution in [1.29, 1.82) is 0 Å². The first-order valence-electron chi connectivity index (χ1n) is 10.4. The second-order valence-corrected chi connectivity index (χ2v) is 9.99. The Morgan fingerprint density at radius 3 is 2.37 bits per heavy atom. The van der Waals surface area contributed by atoms with Crippen molar-refractivity contribution in [2.24, 2.45) is 5.92 Å². The Kier molecular flexibility index (Phi) is 5.69. The molecule has 30 heavy (non-hydrogen) atoms. The van der Waals surface area contributed by atoms with E-state index >= 15 is 0 Å². The maximum atomic E-state index is 13.3. The second kappa shape index (κ2) is 8.26. The first-order chi connectivity index (χ1) is 14.4. The quantitative estimate of drug-likeness (QED) is 0.705. The van der Waals surface area contributed by atoms with Crippen molar-refractivity contribution < 1.29 is 17.9 Å². The molecule has 1 fully saturated rings. The molecule has 0 saturated heterocycles. The summed E-state index contributed by atoms with van der Waals surface area (Å²) in [5.41, 5.74) is 3.03. The van der Waals surface area contributed by atoms with Gasteiger partial charge in [-0.3, -0.25) is 4.79 Å². The van der Waals surface area contributed by atoms with Crippen LogP contribution in [0.5, 0.6) is 5.75 Å². The number of hydrogen-bond donors (Lipinski definition) is 0. The molecule has 2 aliphatic rings. The largest absolute Gasteiger partial charge is 0.497 e. The van der Waals surface area contributed by atoms with Crippen molar-refractivity contribution in [3.8, 4) is 5.75 Å². The van der Waals surface area contributed by atoms with E-state index in [1.54, 1.807) is 43.5 Å². The predicted molar refractivity (Wildman–Crippen MR) is 117 cm³/mol. The van der Waals surface area contributed by atoms with Crippen molar-refractivity contribution in [2.45, 2.75) is 43.9 Å². The van der Waals surface area contributed by atoms with Gasteiger partial charge in [0.1, 0.15) is 5.75 Å². The summed E-state index contributed by atoms with van der Waals surface area (Å²) in [5.74, 6) is 0.574. The molecule has 0 unspecified atom stereocenters. The van der Waals surface area contributed by atoms with E-state index in [2.05, 4.69) is 6.08 Å². The van der Waals surface area contributed by atoms with Gasteiger partial charge < -0.3 is 4.74 Å². The van der Waals surface area contributed by atoms with Crippen LogP contribution in [0.2, 0.25) is 0 Å². The first-order valence-corrected chi connectivity index (χ1v) is 11.9. The minimum Gasteiger partial charge on any atom is -0.497 e. The molecule has 0 atom stereocenters. The molecule has 0 aromatic heterocycles. The van der Waals surface area contributed by atoms with Gasteiger partial charge in [0.2, 0.25) is 0 Å². The highest BCUT2D eigenvalue weighted by atomic mass is 32.2. The summed E-state index contributed by atoms with van der Waals surface area (Å²) in [7, 11) is -2.36. The summed E-state index contributed by atoms with van der Waals surface area (Å²) in [5, 5.41) is 0. The summed E-state index contributed by atoms with van der Waals surface area (Å²) in [6.45, 7) is 1.95. The zero-order chi connectivity index (χ0) is 21.3. The second-order valence-electron chi connectivity index (χ2n) is 8.13. The lowest BCUT2D eigenvalue weighted by atomic mass is 9.85. The van der Waals surface area contributed by atoms with Crippen molar-refractivity contribution >= 4 is 21.5 Å². The first kappa shape index (κ1) is 20.7. The van der Waals surface area contributed by atoms with Crippen LogP contribution >= 0.6 is 0 Å². The molecule has 5 nitrogen and oxygen atoms in total. The number of methoxy groups -OCH3 is 1. The van der Waals surface area contributed by atoms with Crippen molar-refractivity contribution in [3.63, 3.8) is 0 Å². The van der Waals surface area contributed by atoms with Gasteiger partial charge in [-0.15, -0.1) is 0 Å². The fourth-order valence-corrected chi connectivity index (χ4v) is 5.67. The van der Waals surface area contributed by atoms with Crippen LogP contribution in [-0.2, 0) is 10.0 Å². The maximum Gasteiger partial charge on any atom is 0.268 e. The van der Waals surface area contributed by atoms with E-state index in [-0.39, 0.29) is 11.4 Å². The number of aryl methyl sites for hydroxylation is 1. The lowest BCUT2D eigenvalue weighted by molar-refractivity contribution is 0.0867. The summed E-state index contributed by atoms with van der Waals surface area (Å²) in [6, 6.07) is 11.8. The molecule has 6 heteroatoms. The van der Waals surface area contributed by atoms with Gasteiger partial charge in [-0.05, 0) is 67.2 Å². The average molecular weight is 426 g/mol. The average Bonchev–Trinajstić information content (AvgIpc) is 2.76. The monoisotopic (exact) mass is 425 g/mol. The van der Waals surface area contributed by atoms with E-state index in [0.29, 0.717) is 17.2 Å². The third-order valence-electron chi connectivity index (χ3n) is 6.04. The zero-order valence-corrected chi connectivity index (χ0v) is 18.2. The van der Waals surface area contributed by atoms with Gasteiger partial charge >= 0.3 is 0 Å². The number of fused-ring (bicyclic) bond motifs is 1. The lowest BCUT2D eigenvalue weighted by Crippen LogP contribution is -2.41. The van der Waals surface area contributed by atoms with Crippen LogP contribution in [0.25, 0.3) is 5.57 Å². The molecule has 1 saturated carbocycles. The van der Waals surface area contributed by atoms with Crippen LogP contribution in [0, 0.1) is 12.8 Å². The highest BCUT2D eigenvalue weighted by Crippen LogP contribution is 2.36. The molecule has 0 N–H and O–H groups in total. The van der Waals surface area contributed by atoms with Crippen molar-refractivity contribution in [1.82, 2.24) is 4.31 Å². The molecular formula is C24H27NO4S. The molecule has 1 aliphatic heterocycles. The minimum atomic E-state index is -3.95. The van der Waals surface area contributed by atoms with Gasteiger partial charge in [0, 0.05) is 5.56 Å². The standard InChI is InChI=1S/C24H27NO4S/c1-17-8-11-21(12-9-17)30(27,28)25-16-19(14-18-6-4-3-5-7-18)23-15-20(29-2)10-13-22(23)24(25)26/h8-15,18H,3-7,16H2,1-2H3/b19-14-. The third-order valence-corrected chi connectivity index (χ3v) is 7.78. The number of hydrogen-bond acceptors (Lipinski definition) is 4. The van der Waals surface area contributed by atoms with E-state index in [4.69, 9.17) is 4.74 Å². The van der Waals surface area contributed by atoms with Crippen LogP contribution in [-0.4, -0.2) is 32.3 Å². The van der Waals surface area contributed by atoms with Gasteiger partial charge in [0.25, 0.3) is 15.9 Å². The number of sulfonamides is 1. The Bertz CT molecular complexity index is 1080. The van der Waals surface area contributed by atoms with Gasteiger partial charge in [-0.2, -0.15) is 0 Å². The van der Waals surface area contributed by atoms with Gasteiger partial charge in [-0.1, -0.05) is 43.0 Å². The molecule has 0 radical (unpaired) electrons. The summed E-state index contributed by atoms with van der Waals surface area (Å²) >= 11 is 0. The molecule has 1 amide bonds. The van der Waals surface area contributed by atoms with E-state index in [9.17, 15) is 13.2 Å². The molecule has 4 rings (SSSR count). The molecule has 0 spiro atoms. The van der Waals surface area contributed by atoms with E-state index in [1.165, 1.54) is 19.3 Å². The van der Waals surface area contributed by atoms with E-state index in [0.717, 1.165) is 33.8 Å². The summed E-state index contributed by atoms with van der Waals surface area (Å²) < 4.78 is 33.0. The zero-order valence-electron chi connectivity index (χ0n) is 17.4. The topological polar surface area (TPSA) is 63.7 Å². The Morgan fingerprint density at radius 1 is 1.00 bits per heavy atom. The predicted octanol–water partition coefficient (Wildman–Crippen LogP) is 4.81. The number of ether oxygens (including phenoxy) is 1. The number of carbonyl (C=O) groups excluding carboxylic acids is 1.